The molecule has 0 aliphatic heterocycles. The third-order valence-electron chi connectivity index (χ3n) is 5.76. The zero-order valence-corrected chi connectivity index (χ0v) is 35.9. The van der Waals surface area contributed by atoms with Crippen molar-refractivity contribution >= 4 is 33.4 Å². The van der Waals surface area contributed by atoms with Crippen molar-refractivity contribution in [3.05, 3.63) is 60.9 Å². The van der Waals surface area contributed by atoms with E-state index in [1.165, 1.54) is 12.7 Å². The maximum absolute atomic E-state index is 5.24. The quantitative estimate of drug-likeness (QED) is 0.162. The van der Waals surface area contributed by atoms with Gasteiger partial charge in [-0.05, 0) is 6.07 Å². The van der Waals surface area contributed by atoms with E-state index in [9.17, 15) is 0 Å². The predicted octanol–water partition coefficient (Wildman–Crippen LogP) is 12.2. The fourth-order valence-corrected chi connectivity index (χ4v) is 3.90. The molecule has 51 heavy (non-hydrogen) atoms. The highest BCUT2D eigenvalue weighted by molar-refractivity contribution is 5.77. The van der Waals surface area contributed by atoms with Gasteiger partial charge in [-0.25, -0.2) is 29.9 Å². The molecule has 0 bridgehead atoms. The van der Waals surface area contributed by atoms with Crippen molar-refractivity contribution in [3.63, 3.8) is 0 Å². The Morgan fingerprint density at radius 1 is 0.490 bits per heavy atom. The van der Waals surface area contributed by atoms with Gasteiger partial charge >= 0.3 is 0 Å². The molecule has 0 fully saturated rings. The van der Waals surface area contributed by atoms with Gasteiger partial charge in [-0.1, -0.05) is 151 Å². The van der Waals surface area contributed by atoms with Crippen LogP contribution in [0.5, 0.6) is 0 Å². The van der Waals surface area contributed by atoms with Crippen LogP contribution in [0.25, 0.3) is 33.4 Å². The van der Waals surface area contributed by atoms with E-state index < -0.39 is 0 Å². The van der Waals surface area contributed by atoms with Crippen LogP contribution in [0.2, 0.25) is 0 Å². The zero-order valence-electron chi connectivity index (χ0n) is 35.9. The average molecular weight is 710 g/mol. The van der Waals surface area contributed by atoms with Crippen molar-refractivity contribution in [1.29, 1.82) is 0 Å². The van der Waals surface area contributed by atoms with E-state index in [1.54, 1.807) is 18.9 Å². The van der Waals surface area contributed by atoms with Gasteiger partial charge in [-0.2, -0.15) is 4.98 Å². The maximum atomic E-state index is 5.24. The number of aromatic amines is 1. The summed E-state index contributed by atoms with van der Waals surface area (Å²) in [7, 11) is 0. The largest absolute Gasteiger partial charge is 0.440 e. The lowest BCUT2D eigenvalue weighted by Crippen LogP contribution is -2.14. The Morgan fingerprint density at radius 2 is 0.922 bits per heavy atom. The molecule has 11 nitrogen and oxygen atoms in total. The third-order valence-corrected chi connectivity index (χ3v) is 5.76. The molecule has 0 radical (unpaired) electrons. The zero-order chi connectivity index (χ0) is 40.4. The first-order valence-corrected chi connectivity index (χ1v) is 18.7. The summed E-state index contributed by atoms with van der Waals surface area (Å²) in [5.41, 5.74) is 7.65. The number of oxazole rings is 1. The molecule has 0 aliphatic carbocycles. The second-order valence-electron chi connectivity index (χ2n) is 12.2. The van der Waals surface area contributed by atoms with Gasteiger partial charge in [0.2, 0.25) is 11.2 Å². The Balaban J connectivity index is -0.000000589. The third kappa shape index (κ3) is 16.1. The van der Waals surface area contributed by atoms with E-state index in [-0.39, 0.29) is 16.2 Å². The number of nitrogens with zero attached hydrogens (tertiary/aromatic N) is 8. The average Bonchev–Trinajstić information content (AvgIpc) is 3.94. The van der Waals surface area contributed by atoms with Crippen LogP contribution in [0, 0.1) is 0 Å². The number of hydrogen-bond acceptors (Lipinski definition) is 10. The Kier molecular flexibility index (Phi) is 26.6. The first kappa shape index (κ1) is 51.1. The second-order valence-corrected chi connectivity index (χ2v) is 12.2. The lowest BCUT2D eigenvalue weighted by molar-refractivity contribution is 0.442. The van der Waals surface area contributed by atoms with E-state index in [4.69, 9.17) is 8.94 Å². The lowest BCUT2D eigenvalue weighted by atomic mass is 9.91. The summed E-state index contributed by atoms with van der Waals surface area (Å²) in [5, 5.41) is 3.70. The van der Waals surface area contributed by atoms with Crippen molar-refractivity contribution < 1.29 is 8.94 Å². The molecular formula is C40H71N9O2. The van der Waals surface area contributed by atoms with Crippen LogP contribution < -0.4 is 0 Å². The molecule has 288 valence electrons. The molecule has 0 saturated carbocycles. The molecular weight excluding hydrogens is 639 g/mol. The van der Waals surface area contributed by atoms with Crippen LogP contribution in [0.15, 0.2) is 52.8 Å². The summed E-state index contributed by atoms with van der Waals surface area (Å²) in [6, 6.07) is 1.96. The van der Waals surface area contributed by atoms with Crippen LogP contribution in [-0.2, 0) is 16.2 Å². The summed E-state index contributed by atoms with van der Waals surface area (Å²) in [5.74, 6) is 0. The molecule has 0 aromatic carbocycles. The fraction of sp³-hybridized carbons (Fsp3) is 0.600. The number of H-pyrrole nitrogens is 1. The van der Waals surface area contributed by atoms with Gasteiger partial charge in [0.05, 0.1) is 34.3 Å². The van der Waals surface area contributed by atoms with E-state index in [0.717, 1.165) is 33.6 Å². The van der Waals surface area contributed by atoms with Crippen molar-refractivity contribution in [3.8, 4) is 0 Å². The molecule has 6 aromatic heterocycles. The van der Waals surface area contributed by atoms with Gasteiger partial charge < -0.3 is 13.9 Å². The molecule has 0 atom stereocenters. The predicted molar refractivity (Wildman–Crippen MR) is 217 cm³/mol. The maximum Gasteiger partial charge on any atom is 0.207 e. The molecule has 1 N–H and O–H groups in total. The summed E-state index contributed by atoms with van der Waals surface area (Å²) in [6.45, 7) is 42.9. The van der Waals surface area contributed by atoms with Gasteiger partial charge in [-0.15, -0.1) is 0 Å². The van der Waals surface area contributed by atoms with Crippen molar-refractivity contribution in [1.82, 2.24) is 45.0 Å². The summed E-state index contributed by atoms with van der Waals surface area (Å²) < 4.78 is 10.3. The summed E-state index contributed by atoms with van der Waals surface area (Å²) >= 11 is 0. The Morgan fingerprint density at radius 3 is 1.41 bits per heavy atom. The van der Waals surface area contributed by atoms with Gasteiger partial charge in [0.1, 0.15) is 24.5 Å². The second kappa shape index (κ2) is 26.5. The number of nitrogens with one attached hydrogen (secondary N) is 1. The van der Waals surface area contributed by atoms with Crippen LogP contribution in [0.1, 0.15) is 162 Å². The topological polar surface area (TPSA) is 145 Å². The minimum absolute atomic E-state index is 0.0409. The monoisotopic (exact) mass is 710 g/mol. The number of aromatic nitrogens is 9. The van der Waals surface area contributed by atoms with Crippen LogP contribution in [0.4, 0.5) is 0 Å². The molecule has 0 amide bonds. The van der Waals surface area contributed by atoms with E-state index in [0.29, 0.717) is 16.8 Å². The fourth-order valence-electron chi connectivity index (χ4n) is 3.90. The van der Waals surface area contributed by atoms with Gasteiger partial charge in [-0.3, -0.25) is 0 Å². The van der Waals surface area contributed by atoms with Crippen LogP contribution >= 0.6 is 0 Å². The van der Waals surface area contributed by atoms with Gasteiger partial charge in [0.15, 0.2) is 12.0 Å². The minimum Gasteiger partial charge on any atom is -0.440 e. The Hall–Kier alpha value is -4.28. The standard InChI is InChI=1S/C10H13N3.2C9H11N3O.6C2H6/c1-10(2,3)9-8-7(4-5-11-8)12-6-13-9;1-9(2,3)7-6-8(11-4-10-7)12-5-13-6;1-9(2,3)8-7-6(4-12-13-7)10-5-11-8;6*1-2/h4-6,11H,1-3H3;2*4-5H,1-3H3;6*1-2H3. The molecule has 11 heteroatoms. The molecule has 0 saturated heterocycles. The normalized spacial score (nSPS) is 10.1. The number of rotatable bonds is 0. The highest BCUT2D eigenvalue weighted by atomic mass is 16.5. The molecule has 6 rings (SSSR count). The van der Waals surface area contributed by atoms with E-state index in [2.05, 4.69) is 107 Å². The first-order valence-electron chi connectivity index (χ1n) is 18.7. The van der Waals surface area contributed by atoms with Gasteiger partial charge in [0.25, 0.3) is 0 Å². The van der Waals surface area contributed by atoms with Crippen molar-refractivity contribution in [2.45, 2.75) is 162 Å². The SMILES string of the molecule is CC.CC.CC.CC.CC.CC.CC(C)(C)c1ncnc2cc[nH]c12.CC(C)(C)c1ncnc2cnoc12.CC(C)(C)c1ncnc2ncoc12. The molecule has 0 spiro atoms. The molecule has 6 heterocycles. The molecule has 0 unspecified atom stereocenters. The Labute approximate surface area is 309 Å². The van der Waals surface area contributed by atoms with E-state index in [1.807, 2.05) is 95.3 Å². The number of fused-ring (bicyclic) bond motifs is 3. The van der Waals surface area contributed by atoms with Crippen LogP contribution in [-0.4, -0.2) is 45.0 Å². The highest BCUT2D eigenvalue weighted by Crippen LogP contribution is 2.27. The minimum atomic E-state index is -0.0409. The molecule has 6 aromatic rings. The highest BCUT2D eigenvalue weighted by Gasteiger charge is 2.22. The van der Waals surface area contributed by atoms with Crippen molar-refractivity contribution in [2.75, 3.05) is 0 Å². The van der Waals surface area contributed by atoms with Crippen molar-refractivity contribution in [2.24, 2.45) is 0 Å². The number of hydrogen-bond donors (Lipinski definition) is 1. The smallest absolute Gasteiger partial charge is 0.207 e. The van der Waals surface area contributed by atoms with Gasteiger partial charge in [0, 0.05) is 22.4 Å². The Bertz CT molecular complexity index is 1480. The molecule has 0 aliphatic rings. The van der Waals surface area contributed by atoms with E-state index >= 15 is 0 Å². The lowest BCUT2D eigenvalue weighted by Gasteiger charge is -2.17. The summed E-state index contributed by atoms with van der Waals surface area (Å²) in [6.07, 6.45) is 9.58. The summed E-state index contributed by atoms with van der Waals surface area (Å²) in [4.78, 5) is 32.1. The first-order chi connectivity index (χ1) is 24.3. The van der Waals surface area contributed by atoms with Crippen LogP contribution in [0.3, 0.4) is 0 Å².